The SMILES string of the molecule is Cc1nc(C)c(C(C)NC(=O)c2cccc(C)c2Br)s1. The number of nitrogens with one attached hydrogen (secondary N) is 1. The molecule has 0 aliphatic carbocycles. The van der Waals surface area contributed by atoms with E-state index in [1.165, 1.54) is 0 Å². The molecule has 1 amide bonds. The quantitative estimate of drug-likeness (QED) is 0.893. The van der Waals surface area contributed by atoms with E-state index >= 15 is 0 Å². The number of carbonyl (C=O) groups excluding carboxylic acids is 1. The molecule has 20 heavy (non-hydrogen) atoms. The summed E-state index contributed by atoms with van der Waals surface area (Å²) in [7, 11) is 0. The van der Waals surface area contributed by atoms with Gasteiger partial charge in [-0.25, -0.2) is 4.98 Å². The van der Waals surface area contributed by atoms with Crippen LogP contribution in [0.4, 0.5) is 0 Å². The van der Waals surface area contributed by atoms with Crippen molar-refractivity contribution < 1.29 is 4.79 Å². The second kappa shape index (κ2) is 6.06. The summed E-state index contributed by atoms with van der Waals surface area (Å²) in [5, 5.41) is 4.06. The minimum Gasteiger partial charge on any atom is -0.345 e. The van der Waals surface area contributed by atoms with E-state index < -0.39 is 0 Å². The molecule has 1 unspecified atom stereocenters. The largest absolute Gasteiger partial charge is 0.345 e. The predicted octanol–water partition coefficient (Wildman–Crippen LogP) is 4.32. The van der Waals surface area contributed by atoms with Crippen molar-refractivity contribution in [1.82, 2.24) is 10.3 Å². The van der Waals surface area contributed by atoms with Crippen molar-refractivity contribution in [1.29, 1.82) is 0 Å². The van der Waals surface area contributed by atoms with Crippen LogP contribution in [0.2, 0.25) is 0 Å². The molecule has 106 valence electrons. The van der Waals surface area contributed by atoms with E-state index in [1.54, 1.807) is 11.3 Å². The van der Waals surface area contributed by atoms with Crippen molar-refractivity contribution in [2.75, 3.05) is 0 Å². The zero-order chi connectivity index (χ0) is 14.9. The second-order valence-corrected chi connectivity index (χ2v) is 6.84. The fourth-order valence-electron chi connectivity index (χ4n) is 2.11. The van der Waals surface area contributed by atoms with Crippen LogP contribution in [-0.2, 0) is 0 Å². The van der Waals surface area contributed by atoms with Gasteiger partial charge in [0.1, 0.15) is 0 Å². The standard InChI is InChI=1S/C15H17BrN2OS/c1-8-6-5-7-12(13(8)16)15(19)18-10(3)14-9(2)17-11(4)20-14/h5-7,10H,1-4H3,(H,18,19). The number of aryl methyl sites for hydroxylation is 3. The van der Waals surface area contributed by atoms with Crippen molar-refractivity contribution in [2.45, 2.75) is 33.7 Å². The molecule has 0 bridgehead atoms. The summed E-state index contributed by atoms with van der Waals surface area (Å²) < 4.78 is 0.849. The van der Waals surface area contributed by atoms with Gasteiger partial charge in [-0.05, 0) is 55.3 Å². The molecule has 2 rings (SSSR count). The van der Waals surface area contributed by atoms with E-state index in [1.807, 2.05) is 45.9 Å². The molecule has 0 aliphatic rings. The molecule has 0 fully saturated rings. The lowest BCUT2D eigenvalue weighted by Gasteiger charge is -2.14. The Balaban J connectivity index is 2.19. The summed E-state index contributed by atoms with van der Waals surface area (Å²) in [5.74, 6) is -0.0708. The van der Waals surface area contributed by atoms with Gasteiger partial charge in [0.05, 0.1) is 22.3 Å². The molecule has 0 saturated heterocycles. The molecule has 0 saturated carbocycles. The molecule has 0 aliphatic heterocycles. The molecule has 0 spiro atoms. The average molecular weight is 353 g/mol. The third kappa shape index (κ3) is 3.10. The van der Waals surface area contributed by atoms with Crippen molar-refractivity contribution >= 4 is 33.2 Å². The Bertz CT molecular complexity index is 651. The summed E-state index contributed by atoms with van der Waals surface area (Å²) in [4.78, 5) is 17.9. The van der Waals surface area contributed by atoms with Crippen molar-refractivity contribution in [3.8, 4) is 0 Å². The Morgan fingerprint density at radius 3 is 2.65 bits per heavy atom. The molecule has 5 heteroatoms. The van der Waals surface area contributed by atoms with E-state index in [2.05, 4.69) is 26.2 Å². The van der Waals surface area contributed by atoms with Gasteiger partial charge < -0.3 is 5.32 Å². The zero-order valence-electron chi connectivity index (χ0n) is 12.0. The minimum atomic E-state index is -0.0708. The lowest BCUT2D eigenvalue weighted by molar-refractivity contribution is 0.0939. The molecule has 1 aromatic carbocycles. The fraction of sp³-hybridized carbons (Fsp3) is 0.333. The van der Waals surface area contributed by atoms with Crippen molar-refractivity contribution in [2.24, 2.45) is 0 Å². The third-order valence-electron chi connectivity index (χ3n) is 3.12. The first-order valence-corrected chi connectivity index (χ1v) is 8.01. The van der Waals surface area contributed by atoms with Crippen LogP contribution in [0, 0.1) is 20.8 Å². The lowest BCUT2D eigenvalue weighted by atomic mass is 10.1. The Hall–Kier alpha value is -1.20. The Morgan fingerprint density at radius 2 is 2.05 bits per heavy atom. The number of thiazole rings is 1. The van der Waals surface area contributed by atoms with Gasteiger partial charge in [-0.15, -0.1) is 11.3 Å². The maximum Gasteiger partial charge on any atom is 0.252 e. The van der Waals surface area contributed by atoms with Gasteiger partial charge in [0.25, 0.3) is 5.91 Å². The van der Waals surface area contributed by atoms with Gasteiger partial charge in [0.2, 0.25) is 0 Å². The summed E-state index contributed by atoms with van der Waals surface area (Å²) in [6, 6.07) is 5.65. The monoisotopic (exact) mass is 352 g/mol. The van der Waals surface area contributed by atoms with Crippen LogP contribution in [0.5, 0.6) is 0 Å². The Kier molecular flexibility index (Phi) is 4.60. The molecule has 3 nitrogen and oxygen atoms in total. The van der Waals surface area contributed by atoms with Crippen LogP contribution in [0.1, 0.15) is 44.5 Å². The zero-order valence-corrected chi connectivity index (χ0v) is 14.4. The van der Waals surface area contributed by atoms with Crippen LogP contribution in [0.25, 0.3) is 0 Å². The highest BCUT2D eigenvalue weighted by Crippen LogP contribution is 2.26. The number of rotatable bonds is 3. The molecule has 2 aromatic rings. The minimum absolute atomic E-state index is 0.0406. The molecular formula is C15H17BrN2OS. The van der Waals surface area contributed by atoms with Gasteiger partial charge in [0.15, 0.2) is 0 Å². The number of amides is 1. The maximum atomic E-state index is 12.4. The Morgan fingerprint density at radius 1 is 1.35 bits per heavy atom. The highest BCUT2D eigenvalue weighted by Gasteiger charge is 2.18. The lowest BCUT2D eigenvalue weighted by Crippen LogP contribution is -2.27. The van der Waals surface area contributed by atoms with Crippen molar-refractivity contribution in [3.05, 3.63) is 49.4 Å². The normalized spacial score (nSPS) is 12.2. The molecular weight excluding hydrogens is 336 g/mol. The van der Waals surface area contributed by atoms with Crippen LogP contribution in [0.3, 0.4) is 0 Å². The van der Waals surface area contributed by atoms with Crippen LogP contribution < -0.4 is 5.32 Å². The van der Waals surface area contributed by atoms with E-state index in [0.717, 1.165) is 25.6 Å². The molecule has 1 atom stereocenters. The van der Waals surface area contributed by atoms with Gasteiger partial charge >= 0.3 is 0 Å². The van der Waals surface area contributed by atoms with Crippen LogP contribution in [0.15, 0.2) is 22.7 Å². The third-order valence-corrected chi connectivity index (χ3v) is 5.42. The topological polar surface area (TPSA) is 42.0 Å². The number of hydrogen-bond donors (Lipinski definition) is 1. The highest BCUT2D eigenvalue weighted by atomic mass is 79.9. The summed E-state index contributed by atoms with van der Waals surface area (Å²) in [6.07, 6.45) is 0. The molecule has 1 aromatic heterocycles. The first-order chi connectivity index (χ1) is 9.40. The smallest absolute Gasteiger partial charge is 0.252 e. The van der Waals surface area contributed by atoms with Crippen LogP contribution in [-0.4, -0.2) is 10.9 Å². The van der Waals surface area contributed by atoms with E-state index in [0.29, 0.717) is 5.56 Å². The molecule has 1 heterocycles. The van der Waals surface area contributed by atoms with Crippen LogP contribution >= 0.6 is 27.3 Å². The number of benzene rings is 1. The van der Waals surface area contributed by atoms with E-state index in [-0.39, 0.29) is 11.9 Å². The maximum absolute atomic E-state index is 12.4. The van der Waals surface area contributed by atoms with Gasteiger partial charge in [-0.3, -0.25) is 4.79 Å². The van der Waals surface area contributed by atoms with Crippen molar-refractivity contribution in [3.63, 3.8) is 0 Å². The second-order valence-electron chi connectivity index (χ2n) is 4.81. The number of halogens is 1. The van der Waals surface area contributed by atoms with Gasteiger partial charge in [0, 0.05) is 9.35 Å². The summed E-state index contributed by atoms with van der Waals surface area (Å²) in [5.41, 5.74) is 2.70. The highest BCUT2D eigenvalue weighted by molar-refractivity contribution is 9.10. The predicted molar refractivity (Wildman–Crippen MR) is 86.3 cm³/mol. The number of nitrogens with zero attached hydrogens (tertiary/aromatic N) is 1. The van der Waals surface area contributed by atoms with Gasteiger partial charge in [-0.1, -0.05) is 12.1 Å². The molecule has 1 N–H and O–H groups in total. The number of carbonyl (C=O) groups is 1. The first kappa shape index (κ1) is 15.2. The van der Waals surface area contributed by atoms with Gasteiger partial charge in [-0.2, -0.15) is 0 Å². The first-order valence-electron chi connectivity index (χ1n) is 6.40. The molecule has 0 radical (unpaired) electrons. The Labute approximate surface area is 131 Å². The number of aromatic nitrogens is 1. The number of hydrogen-bond acceptors (Lipinski definition) is 3. The average Bonchev–Trinajstić information content (AvgIpc) is 2.71. The summed E-state index contributed by atoms with van der Waals surface area (Å²) in [6.45, 7) is 7.92. The fourth-order valence-corrected chi connectivity index (χ4v) is 3.49. The summed E-state index contributed by atoms with van der Waals surface area (Å²) >= 11 is 5.10. The van der Waals surface area contributed by atoms with E-state index in [9.17, 15) is 4.79 Å². The van der Waals surface area contributed by atoms with E-state index in [4.69, 9.17) is 0 Å².